The summed E-state index contributed by atoms with van der Waals surface area (Å²) in [6.45, 7) is 0. The first-order valence-electron chi connectivity index (χ1n) is 11.2. The number of fused-ring (bicyclic) bond motifs is 3. The maximum absolute atomic E-state index is 10.4. The molecule has 2 aromatic heterocycles. The molecule has 1 aliphatic rings. The molecule has 0 saturated heterocycles. The molecule has 2 heterocycles. The van der Waals surface area contributed by atoms with E-state index in [0.29, 0.717) is 0 Å². The Morgan fingerprint density at radius 1 is 0.606 bits per heavy atom. The number of aromatic nitrogens is 2. The van der Waals surface area contributed by atoms with Crippen molar-refractivity contribution in [3.63, 3.8) is 0 Å². The number of para-hydroxylation sites is 1. The van der Waals surface area contributed by atoms with Crippen LogP contribution in [0.3, 0.4) is 0 Å². The Balaban J connectivity index is 1.60. The molecule has 0 aliphatic heterocycles. The minimum atomic E-state index is 0.244. The third kappa shape index (κ3) is 3.48. The van der Waals surface area contributed by atoms with Gasteiger partial charge in [-0.1, -0.05) is 54.6 Å². The zero-order valence-electron chi connectivity index (χ0n) is 18.1. The number of nitrogens with zero attached hydrogens (tertiary/aromatic N) is 2. The van der Waals surface area contributed by atoms with E-state index >= 15 is 0 Å². The van der Waals surface area contributed by atoms with Gasteiger partial charge in [0.1, 0.15) is 5.75 Å². The zero-order chi connectivity index (χ0) is 22.2. The predicted octanol–water partition coefficient (Wildman–Crippen LogP) is 6.95. The summed E-state index contributed by atoms with van der Waals surface area (Å²) in [5.41, 5.74) is 10.7. The largest absolute Gasteiger partial charge is 0.507 e. The Hall–Kier alpha value is -4.24. The van der Waals surface area contributed by atoms with Crippen LogP contribution < -0.4 is 0 Å². The summed E-state index contributed by atoms with van der Waals surface area (Å²) < 4.78 is 0. The molecule has 158 valence electrons. The fraction of sp³-hybridized carbons (Fsp3) is 0.0667. The van der Waals surface area contributed by atoms with Gasteiger partial charge in [-0.25, -0.2) is 4.98 Å². The van der Waals surface area contributed by atoms with Gasteiger partial charge in [0.15, 0.2) is 0 Å². The lowest BCUT2D eigenvalue weighted by molar-refractivity contribution is 0.477. The monoisotopic (exact) mass is 426 g/mol. The summed E-state index contributed by atoms with van der Waals surface area (Å²) in [5, 5.41) is 10.4. The maximum atomic E-state index is 10.4. The molecule has 0 fully saturated rings. The van der Waals surface area contributed by atoms with Crippen molar-refractivity contribution in [3.8, 4) is 50.6 Å². The van der Waals surface area contributed by atoms with Crippen molar-refractivity contribution >= 4 is 0 Å². The summed E-state index contributed by atoms with van der Waals surface area (Å²) in [5.74, 6) is 0.244. The first kappa shape index (κ1) is 19.4. The zero-order valence-corrected chi connectivity index (χ0v) is 18.1. The van der Waals surface area contributed by atoms with Crippen LogP contribution in [0.5, 0.6) is 5.75 Å². The second-order valence-corrected chi connectivity index (χ2v) is 8.35. The molecule has 0 saturated carbocycles. The summed E-state index contributed by atoms with van der Waals surface area (Å²) in [6, 6.07) is 32.6. The van der Waals surface area contributed by atoms with Crippen molar-refractivity contribution < 1.29 is 5.11 Å². The van der Waals surface area contributed by atoms with Gasteiger partial charge in [-0.15, -0.1) is 0 Å². The molecule has 3 aromatic carbocycles. The van der Waals surface area contributed by atoms with Gasteiger partial charge >= 0.3 is 0 Å². The van der Waals surface area contributed by atoms with Crippen LogP contribution in [-0.2, 0) is 12.8 Å². The molecule has 3 heteroatoms. The number of hydrogen-bond acceptors (Lipinski definition) is 3. The minimum Gasteiger partial charge on any atom is -0.507 e. The smallest absolute Gasteiger partial charge is 0.124 e. The van der Waals surface area contributed by atoms with Gasteiger partial charge < -0.3 is 5.11 Å². The molecule has 3 nitrogen and oxygen atoms in total. The molecular weight excluding hydrogens is 404 g/mol. The van der Waals surface area contributed by atoms with E-state index in [1.165, 1.54) is 22.3 Å². The van der Waals surface area contributed by atoms with Gasteiger partial charge in [-0.2, -0.15) is 0 Å². The quantitative estimate of drug-likeness (QED) is 0.340. The third-order valence-corrected chi connectivity index (χ3v) is 6.35. The molecule has 0 atom stereocenters. The topological polar surface area (TPSA) is 46.0 Å². The van der Waals surface area contributed by atoms with E-state index in [2.05, 4.69) is 47.4 Å². The van der Waals surface area contributed by atoms with E-state index in [1.54, 1.807) is 6.07 Å². The highest BCUT2D eigenvalue weighted by Gasteiger charge is 2.23. The lowest BCUT2D eigenvalue weighted by atomic mass is 9.82. The normalized spacial score (nSPS) is 12.1. The highest BCUT2D eigenvalue weighted by molar-refractivity contribution is 5.86. The molecule has 0 radical (unpaired) electrons. The van der Waals surface area contributed by atoms with E-state index in [-0.39, 0.29) is 5.75 Å². The maximum Gasteiger partial charge on any atom is 0.124 e. The number of hydrogen-bond donors (Lipinski definition) is 1. The Morgan fingerprint density at radius 2 is 1.39 bits per heavy atom. The second-order valence-electron chi connectivity index (χ2n) is 8.35. The molecule has 5 aromatic rings. The highest BCUT2D eigenvalue weighted by atomic mass is 16.3. The fourth-order valence-corrected chi connectivity index (χ4v) is 4.73. The van der Waals surface area contributed by atoms with Crippen LogP contribution in [0.1, 0.15) is 11.1 Å². The average molecular weight is 427 g/mol. The SMILES string of the molecule is Oc1ccccc1-c1ccc2c(n1)-c1cc(-c3ccccn3)cc(-c3ccccc3)c1CC2. The van der Waals surface area contributed by atoms with Crippen molar-refractivity contribution in [3.05, 3.63) is 114 Å². The van der Waals surface area contributed by atoms with Gasteiger partial charge in [-0.05, 0) is 77.6 Å². The van der Waals surface area contributed by atoms with Crippen molar-refractivity contribution in [2.75, 3.05) is 0 Å². The number of pyridine rings is 2. The predicted molar refractivity (Wildman–Crippen MR) is 133 cm³/mol. The number of aryl methyl sites for hydroxylation is 1. The minimum absolute atomic E-state index is 0.244. The van der Waals surface area contributed by atoms with Crippen molar-refractivity contribution in [1.29, 1.82) is 0 Å². The van der Waals surface area contributed by atoms with Gasteiger partial charge in [0.05, 0.1) is 17.1 Å². The molecule has 0 spiro atoms. The summed E-state index contributed by atoms with van der Waals surface area (Å²) in [6.07, 6.45) is 3.74. The van der Waals surface area contributed by atoms with Crippen LogP contribution in [0.4, 0.5) is 0 Å². The van der Waals surface area contributed by atoms with E-state index in [4.69, 9.17) is 4.98 Å². The third-order valence-electron chi connectivity index (χ3n) is 6.35. The number of rotatable bonds is 3. The average Bonchev–Trinajstić information content (AvgIpc) is 2.89. The van der Waals surface area contributed by atoms with Crippen molar-refractivity contribution in [2.24, 2.45) is 0 Å². The molecule has 6 rings (SSSR count). The fourth-order valence-electron chi connectivity index (χ4n) is 4.73. The van der Waals surface area contributed by atoms with E-state index in [9.17, 15) is 5.11 Å². The second kappa shape index (κ2) is 8.03. The van der Waals surface area contributed by atoms with E-state index in [0.717, 1.165) is 46.6 Å². The van der Waals surface area contributed by atoms with Gasteiger partial charge in [-0.3, -0.25) is 4.98 Å². The highest BCUT2D eigenvalue weighted by Crippen LogP contribution is 2.42. The van der Waals surface area contributed by atoms with Crippen LogP contribution in [0.15, 0.2) is 103 Å². The molecule has 0 bridgehead atoms. The Kier molecular flexibility index (Phi) is 4.73. The van der Waals surface area contributed by atoms with E-state index < -0.39 is 0 Å². The number of phenols is 1. The van der Waals surface area contributed by atoms with Gasteiger partial charge in [0.25, 0.3) is 0 Å². The molecule has 33 heavy (non-hydrogen) atoms. The van der Waals surface area contributed by atoms with Crippen molar-refractivity contribution in [2.45, 2.75) is 12.8 Å². The Labute approximate surface area is 193 Å². The number of aromatic hydroxyl groups is 1. The first-order valence-corrected chi connectivity index (χ1v) is 11.2. The standard InChI is InChI=1S/C30H22N2O/c33-29-12-5-4-10-24(29)28-16-14-21-13-15-23-25(20-8-2-1-3-9-20)18-22(19-26(23)30(21)32-28)27-11-6-7-17-31-27/h1-12,14,16-19,33H,13,15H2. The lowest BCUT2D eigenvalue weighted by Crippen LogP contribution is -2.08. The summed E-state index contributed by atoms with van der Waals surface area (Å²) in [4.78, 5) is 9.69. The Morgan fingerprint density at radius 3 is 2.21 bits per heavy atom. The number of phenolic OH excluding ortho intramolecular Hbond substituents is 1. The van der Waals surface area contributed by atoms with Crippen LogP contribution in [0.2, 0.25) is 0 Å². The Bertz CT molecular complexity index is 1460. The van der Waals surface area contributed by atoms with Gasteiger partial charge in [0, 0.05) is 22.9 Å². The van der Waals surface area contributed by atoms with E-state index in [1.807, 2.05) is 54.7 Å². The summed E-state index contributed by atoms with van der Waals surface area (Å²) >= 11 is 0. The molecule has 0 amide bonds. The molecular formula is C30H22N2O. The summed E-state index contributed by atoms with van der Waals surface area (Å²) in [7, 11) is 0. The first-order chi connectivity index (χ1) is 16.3. The number of benzene rings is 3. The van der Waals surface area contributed by atoms with Gasteiger partial charge in [0.2, 0.25) is 0 Å². The van der Waals surface area contributed by atoms with Crippen LogP contribution in [0, 0.1) is 0 Å². The lowest BCUT2D eigenvalue weighted by Gasteiger charge is -2.24. The van der Waals surface area contributed by atoms with Crippen LogP contribution in [0.25, 0.3) is 44.9 Å². The van der Waals surface area contributed by atoms with Crippen LogP contribution in [-0.4, -0.2) is 15.1 Å². The van der Waals surface area contributed by atoms with Crippen LogP contribution >= 0.6 is 0 Å². The molecule has 0 unspecified atom stereocenters. The molecule has 1 aliphatic carbocycles. The van der Waals surface area contributed by atoms with Crippen molar-refractivity contribution in [1.82, 2.24) is 9.97 Å². The molecule has 1 N–H and O–H groups in total.